The Bertz CT molecular complexity index is 430. The van der Waals surface area contributed by atoms with Gasteiger partial charge < -0.3 is 10.5 Å². The molecule has 5 heteroatoms. The van der Waals surface area contributed by atoms with Gasteiger partial charge in [-0.15, -0.1) is 0 Å². The first-order valence-corrected chi connectivity index (χ1v) is 7.43. The summed E-state index contributed by atoms with van der Waals surface area (Å²) in [6.45, 7) is 5.68. The van der Waals surface area contributed by atoms with E-state index in [1.807, 2.05) is 6.07 Å². The van der Waals surface area contributed by atoms with Crippen LogP contribution in [0.15, 0.2) is 22.7 Å². The van der Waals surface area contributed by atoms with Gasteiger partial charge in [0, 0.05) is 19.1 Å². The molecule has 106 valence electrons. The molecule has 0 aromatic heterocycles. The van der Waals surface area contributed by atoms with Crippen LogP contribution < -0.4 is 5.73 Å². The number of rotatable bonds is 4. The SMILES string of the molecule is CCN1CCOC(C(N)Cc2cccc(F)c2Br)C1. The Morgan fingerprint density at radius 3 is 3.11 bits per heavy atom. The largest absolute Gasteiger partial charge is 0.374 e. The fourth-order valence-electron chi connectivity index (χ4n) is 2.37. The van der Waals surface area contributed by atoms with E-state index in [4.69, 9.17) is 10.5 Å². The van der Waals surface area contributed by atoms with Gasteiger partial charge >= 0.3 is 0 Å². The van der Waals surface area contributed by atoms with E-state index in [1.165, 1.54) is 6.07 Å². The van der Waals surface area contributed by atoms with E-state index in [0.717, 1.165) is 31.8 Å². The molecule has 1 aromatic rings. The zero-order chi connectivity index (χ0) is 13.8. The molecule has 0 spiro atoms. The Morgan fingerprint density at radius 1 is 1.58 bits per heavy atom. The summed E-state index contributed by atoms with van der Waals surface area (Å²) in [5.41, 5.74) is 7.11. The van der Waals surface area contributed by atoms with Crippen LogP contribution in [0.25, 0.3) is 0 Å². The number of benzene rings is 1. The molecule has 0 saturated carbocycles. The lowest BCUT2D eigenvalue weighted by Crippen LogP contribution is -2.51. The minimum atomic E-state index is -0.246. The summed E-state index contributed by atoms with van der Waals surface area (Å²) in [6, 6.07) is 4.93. The number of nitrogens with zero attached hydrogens (tertiary/aromatic N) is 1. The van der Waals surface area contributed by atoms with Crippen LogP contribution in [0.5, 0.6) is 0 Å². The summed E-state index contributed by atoms with van der Waals surface area (Å²) in [5, 5.41) is 0. The van der Waals surface area contributed by atoms with Crippen molar-refractivity contribution in [2.24, 2.45) is 5.73 Å². The Labute approximate surface area is 122 Å². The Kier molecular flexibility index (Phi) is 5.33. The molecule has 2 atom stereocenters. The van der Waals surface area contributed by atoms with Crippen LogP contribution in [0, 0.1) is 5.82 Å². The van der Waals surface area contributed by atoms with Crippen LogP contribution in [-0.4, -0.2) is 43.3 Å². The van der Waals surface area contributed by atoms with Crippen molar-refractivity contribution >= 4 is 15.9 Å². The summed E-state index contributed by atoms with van der Waals surface area (Å²) in [6.07, 6.45) is 0.629. The Morgan fingerprint density at radius 2 is 2.37 bits per heavy atom. The van der Waals surface area contributed by atoms with Gasteiger partial charge in [0.15, 0.2) is 0 Å². The zero-order valence-corrected chi connectivity index (χ0v) is 12.7. The second-order valence-electron chi connectivity index (χ2n) is 4.88. The molecular formula is C14H20BrFN2O. The minimum Gasteiger partial charge on any atom is -0.374 e. The quantitative estimate of drug-likeness (QED) is 0.919. The van der Waals surface area contributed by atoms with Gasteiger partial charge in [-0.2, -0.15) is 0 Å². The van der Waals surface area contributed by atoms with Crippen LogP contribution in [0.1, 0.15) is 12.5 Å². The Balaban J connectivity index is 2.00. The lowest BCUT2D eigenvalue weighted by Gasteiger charge is -2.35. The molecule has 3 nitrogen and oxygen atoms in total. The first-order valence-electron chi connectivity index (χ1n) is 6.64. The third-order valence-corrected chi connectivity index (χ3v) is 4.48. The van der Waals surface area contributed by atoms with Crippen molar-refractivity contribution in [3.63, 3.8) is 0 Å². The van der Waals surface area contributed by atoms with E-state index in [2.05, 4.69) is 27.8 Å². The number of hydrogen-bond donors (Lipinski definition) is 1. The molecule has 0 radical (unpaired) electrons. The zero-order valence-electron chi connectivity index (χ0n) is 11.1. The predicted octanol–water partition coefficient (Wildman–Crippen LogP) is 2.18. The number of ether oxygens (including phenoxy) is 1. The lowest BCUT2D eigenvalue weighted by atomic mass is 10.0. The van der Waals surface area contributed by atoms with E-state index in [-0.39, 0.29) is 18.0 Å². The molecule has 0 amide bonds. The molecule has 1 fully saturated rings. The summed E-state index contributed by atoms with van der Waals surface area (Å²) in [4.78, 5) is 2.33. The number of nitrogens with two attached hydrogens (primary N) is 1. The molecule has 1 saturated heterocycles. The van der Waals surface area contributed by atoms with Crippen molar-refractivity contribution in [1.29, 1.82) is 0 Å². The van der Waals surface area contributed by atoms with E-state index in [1.54, 1.807) is 6.07 Å². The molecule has 0 aliphatic carbocycles. The van der Waals surface area contributed by atoms with Crippen LogP contribution in [0.3, 0.4) is 0 Å². The minimum absolute atomic E-state index is 0.0175. The molecule has 1 heterocycles. The third kappa shape index (κ3) is 3.75. The van der Waals surface area contributed by atoms with Crippen LogP contribution in [-0.2, 0) is 11.2 Å². The first-order chi connectivity index (χ1) is 9.11. The summed E-state index contributed by atoms with van der Waals surface area (Å²) >= 11 is 3.28. The topological polar surface area (TPSA) is 38.5 Å². The number of likely N-dealkylation sites (N-methyl/N-ethyl adjacent to an activating group) is 1. The second kappa shape index (κ2) is 6.79. The summed E-state index contributed by atoms with van der Waals surface area (Å²) < 4.78 is 19.7. The highest BCUT2D eigenvalue weighted by Gasteiger charge is 2.25. The Hall–Kier alpha value is -0.490. The van der Waals surface area contributed by atoms with Gasteiger partial charge in [0.2, 0.25) is 0 Å². The van der Waals surface area contributed by atoms with E-state index < -0.39 is 0 Å². The maximum absolute atomic E-state index is 13.5. The maximum atomic E-state index is 13.5. The number of halogens is 2. The van der Waals surface area contributed by atoms with Crippen molar-refractivity contribution in [2.45, 2.75) is 25.5 Å². The normalized spacial score (nSPS) is 22.4. The average molecular weight is 331 g/mol. The van der Waals surface area contributed by atoms with Crippen LogP contribution >= 0.6 is 15.9 Å². The van der Waals surface area contributed by atoms with E-state index >= 15 is 0 Å². The van der Waals surface area contributed by atoms with E-state index in [0.29, 0.717) is 10.9 Å². The third-order valence-electron chi connectivity index (χ3n) is 3.59. The molecule has 1 aliphatic rings. The second-order valence-corrected chi connectivity index (χ2v) is 5.68. The van der Waals surface area contributed by atoms with Crippen LogP contribution in [0.2, 0.25) is 0 Å². The molecule has 19 heavy (non-hydrogen) atoms. The van der Waals surface area contributed by atoms with Crippen molar-refractivity contribution in [1.82, 2.24) is 4.90 Å². The highest BCUT2D eigenvalue weighted by molar-refractivity contribution is 9.10. The van der Waals surface area contributed by atoms with Crippen molar-refractivity contribution < 1.29 is 9.13 Å². The van der Waals surface area contributed by atoms with Crippen molar-refractivity contribution in [3.8, 4) is 0 Å². The smallest absolute Gasteiger partial charge is 0.137 e. The number of hydrogen-bond acceptors (Lipinski definition) is 3. The average Bonchev–Trinajstić information content (AvgIpc) is 2.44. The predicted molar refractivity (Wildman–Crippen MR) is 77.6 cm³/mol. The molecule has 2 N–H and O–H groups in total. The van der Waals surface area contributed by atoms with Gasteiger partial charge in [-0.1, -0.05) is 19.1 Å². The monoisotopic (exact) mass is 330 g/mol. The van der Waals surface area contributed by atoms with Crippen molar-refractivity contribution in [3.05, 3.63) is 34.1 Å². The number of morpholine rings is 1. The summed E-state index contributed by atoms with van der Waals surface area (Å²) in [7, 11) is 0. The molecule has 2 unspecified atom stereocenters. The lowest BCUT2D eigenvalue weighted by molar-refractivity contribution is -0.0385. The fourth-order valence-corrected chi connectivity index (χ4v) is 2.80. The molecule has 1 aromatic carbocycles. The fraction of sp³-hybridized carbons (Fsp3) is 0.571. The van der Waals surface area contributed by atoms with Gasteiger partial charge in [-0.25, -0.2) is 4.39 Å². The standard InChI is InChI=1S/C14H20BrFN2O/c1-2-18-6-7-19-13(9-18)12(17)8-10-4-3-5-11(16)14(10)15/h3-5,12-13H,2,6-9,17H2,1H3. The first kappa shape index (κ1) is 14.9. The molecule has 2 rings (SSSR count). The van der Waals surface area contributed by atoms with Gasteiger partial charge in [-0.3, -0.25) is 4.90 Å². The van der Waals surface area contributed by atoms with Crippen LogP contribution in [0.4, 0.5) is 4.39 Å². The molecular weight excluding hydrogens is 311 g/mol. The van der Waals surface area contributed by atoms with Gasteiger partial charge in [0.25, 0.3) is 0 Å². The van der Waals surface area contributed by atoms with E-state index in [9.17, 15) is 4.39 Å². The summed E-state index contributed by atoms with van der Waals surface area (Å²) in [5.74, 6) is -0.246. The van der Waals surface area contributed by atoms with Gasteiger partial charge in [0.1, 0.15) is 5.82 Å². The molecule has 1 aliphatic heterocycles. The van der Waals surface area contributed by atoms with Gasteiger partial charge in [-0.05, 0) is 40.5 Å². The molecule has 0 bridgehead atoms. The van der Waals surface area contributed by atoms with Gasteiger partial charge in [0.05, 0.1) is 17.2 Å². The maximum Gasteiger partial charge on any atom is 0.137 e. The van der Waals surface area contributed by atoms with Crippen molar-refractivity contribution in [2.75, 3.05) is 26.2 Å². The highest BCUT2D eigenvalue weighted by atomic mass is 79.9. The highest BCUT2D eigenvalue weighted by Crippen LogP contribution is 2.22.